The number of rotatable bonds is 1. The van der Waals surface area contributed by atoms with Crippen LogP contribution in [0.4, 0.5) is 10.1 Å². The Labute approximate surface area is 118 Å². The van der Waals surface area contributed by atoms with Crippen molar-refractivity contribution in [3.63, 3.8) is 0 Å². The first kappa shape index (κ1) is 11.7. The van der Waals surface area contributed by atoms with Gasteiger partial charge in [0.05, 0.1) is 6.04 Å². The van der Waals surface area contributed by atoms with Crippen LogP contribution < -0.4 is 5.32 Å². The topological polar surface area (TPSA) is 12.0 Å². The molecule has 1 N–H and O–H groups in total. The fraction of sp³-hybridized carbons (Fsp3) is 0.222. The first-order chi connectivity index (χ1) is 9.83. The van der Waals surface area contributed by atoms with Crippen LogP contribution in [0.5, 0.6) is 0 Å². The maximum atomic E-state index is 13.5. The van der Waals surface area contributed by atoms with Gasteiger partial charge in [0.1, 0.15) is 5.82 Å². The van der Waals surface area contributed by atoms with Crippen molar-refractivity contribution in [2.24, 2.45) is 5.92 Å². The van der Waals surface area contributed by atoms with Gasteiger partial charge in [0.15, 0.2) is 0 Å². The van der Waals surface area contributed by atoms with Gasteiger partial charge in [0, 0.05) is 11.6 Å². The minimum atomic E-state index is -0.150. The molecule has 3 atom stereocenters. The molecule has 0 amide bonds. The molecule has 0 spiro atoms. The summed E-state index contributed by atoms with van der Waals surface area (Å²) < 4.78 is 13.5. The normalized spacial score (nSPS) is 26.8. The summed E-state index contributed by atoms with van der Waals surface area (Å²) in [5, 5.41) is 3.61. The van der Waals surface area contributed by atoms with E-state index >= 15 is 0 Å². The highest BCUT2D eigenvalue weighted by Gasteiger charge is 2.37. The average Bonchev–Trinajstić information content (AvgIpc) is 2.97. The summed E-state index contributed by atoms with van der Waals surface area (Å²) in [6, 6.07) is 15.9. The van der Waals surface area contributed by atoms with Crippen molar-refractivity contribution in [3.05, 3.63) is 77.6 Å². The number of nitrogens with one attached hydrogen (secondary N) is 1. The average molecular weight is 265 g/mol. The summed E-state index contributed by atoms with van der Waals surface area (Å²) in [6.45, 7) is 0. The van der Waals surface area contributed by atoms with E-state index in [1.54, 1.807) is 6.07 Å². The third-order valence-corrected chi connectivity index (χ3v) is 4.48. The van der Waals surface area contributed by atoms with Gasteiger partial charge >= 0.3 is 0 Å². The van der Waals surface area contributed by atoms with E-state index in [4.69, 9.17) is 0 Å². The molecule has 2 aliphatic rings. The van der Waals surface area contributed by atoms with Crippen molar-refractivity contribution in [1.82, 2.24) is 0 Å². The van der Waals surface area contributed by atoms with Crippen LogP contribution in [0.15, 0.2) is 60.7 Å². The van der Waals surface area contributed by atoms with Crippen LogP contribution >= 0.6 is 0 Å². The van der Waals surface area contributed by atoms with Crippen LogP contribution in [0.3, 0.4) is 0 Å². The predicted molar refractivity (Wildman–Crippen MR) is 79.2 cm³/mol. The van der Waals surface area contributed by atoms with E-state index in [0.29, 0.717) is 17.9 Å². The molecule has 1 aliphatic heterocycles. The van der Waals surface area contributed by atoms with Gasteiger partial charge in [-0.2, -0.15) is 0 Å². The smallest absolute Gasteiger partial charge is 0.123 e. The Bertz CT molecular complexity index is 662. The van der Waals surface area contributed by atoms with E-state index < -0.39 is 0 Å². The Morgan fingerprint density at radius 1 is 1.05 bits per heavy atom. The first-order valence-electron chi connectivity index (χ1n) is 7.10. The molecule has 0 saturated heterocycles. The molecule has 1 nitrogen and oxygen atoms in total. The molecule has 4 rings (SSSR count). The third kappa shape index (κ3) is 1.75. The molecule has 1 heterocycles. The molecule has 0 bridgehead atoms. The summed E-state index contributed by atoms with van der Waals surface area (Å²) in [5.74, 6) is 0.654. The lowest BCUT2D eigenvalue weighted by molar-refractivity contribution is 0.424. The van der Waals surface area contributed by atoms with Crippen LogP contribution in [-0.4, -0.2) is 0 Å². The van der Waals surface area contributed by atoms with Crippen molar-refractivity contribution < 1.29 is 4.39 Å². The van der Waals surface area contributed by atoms with Crippen molar-refractivity contribution in [2.45, 2.75) is 18.4 Å². The SMILES string of the molecule is Fc1ccc2c(c1)[C@H]1C=CC[C@H]1[C@@H](c1ccccc1)N2. The van der Waals surface area contributed by atoms with Gasteiger partial charge in [0.2, 0.25) is 0 Å². The number of halogens is 1. The number of hydrogen-bond donors (Lipinski definition) is 1. The van der Waals surface area contributed by atoms with Gasteiger partial charge in [-0.3, -0.25) is 0 Å². The number of allylic oxidation sites excluding steroid dienone is 2. The van der Waals surface area contributed by atoms with Crippen LogP contribution in [-0.2, 0) is 0 Å². The van der Waals surface area contributed by atoms with Gasteiger partial charge in [-0.25, -0.2) is 4.39 Å². The second-order valence-electron chi connectivity index (χ2n) is 5.62. The van der Waals surface area contributed by atoms with Crippen molar-refractivity contribution in [2.75, 3.05) is 5.32 Å². The molecule has 2 aromatic carbocycles. The van der Waals surface area contributed by atoms with Gasteiger partial charge in [-0.15, -0.1) is 0 Å². The molecule has 100 valence electrons. The fourth-order valence-corrected chi connectivity index (χ4v) is 3.56. The van der Waals surface area contributed by atoms with E-state index in [-0.39, 0.29) is 5.82 Å². The molecule has 2 aromatic rings. The Morgan fingerprint density at radius 3 is 2.75 bits per heavy atom. The lowest BCUT2D eigenvalue weighted by Gasteiger charge is -2.37. The van der Waals surface area contributed by atoms with Gasteiger partial charge < -0.3 is 5.32 Å². The fourth-order valence-electron chi connectivity index (χ4n) is 3.56. The summed E-state index contributed by atoms with van der Waals surface area (Å²) >= 11 is 0. The van der Waals surface area contributed by atoms with Gasteiger partial charge in [0.25, 0.3) is 0 Å². The van der Waals surface area contributed by atoms with Crippen molar-refractivity contribution >= 4 is 5.69 Å². The Morgan fingerprint density at radius 2 is 1.90 bits per heavy atom. The molecule has 0 radical (unpaired) electrons. The minimum absolute atomic E-state index is 0.150. The summed E-state index contributed by atoms with van der Waals surface area (Å²) in [5.41, 5.74) is 3.46. The van der Waals surface area contributed by atoms with Gasteiger partial charge in [-0.1, -0.05) is 42.5 Å². The second-order valence-corrected chi connectivity index (χ2v) is 5.62. The lowest BCUT2D eigenvalue weighted by atomic mass is 9.77. The lowest BCUT2D eigenvalue weighted by Crippen LogP contribution is -2.29. The van der Waals surface area contributed by atoms with E-state index in [2.05, 4.69) is 41.7 Å². The van der Waals surface area contributed by atoms with Crippen molar-refractivity contribution in [3.8, 4) is 0 Å². The minimum Gasteiger partial charge on any atom is -0.378 e. The first-order valence-corrected chi connectivity index (χ1v) is 7.10. The second kappa shape index (κ2) is 4.48. The van der Waals surface area contributed by atoms with Crippen LogP contribution in [0.25, 0.3) is 0 Å². The zero-order valence-corrected chi connectivity index (χ0v) is 11.1. The van der Waals surface area contributed by atoms with E-state index in [1.807, 2.05) is 12.1 Å². The molecule has 0 unspecified atom stereocenters. The largest absolute Gasteiger partial charge is 0.378 e. The number of benzene rings is 2. The van der Waals surface area contributed by atoms with E-state index in [0.717, 1.165) is 17.7 Å². The molecule has 0 fully saturated rings. The Kier molecular flexibility index (Phi) is 2.62. The molecular formula is C18H16FN. The van der Waals surface area contributed by atoms with Gasteiger partial charge in [-0.05, 0) is 41.7 Å². The highest BCUT2D eigenvalue weighted by Crippen LogP contribution is 2.49. The number of fused-ring (bicyclic) bond motifs is 3. The highest BCUT2D eigenvalue weighted by atomic mass is 19.1. The summed E-state index contributed by atoms with van der Waals surface area (Å²) in [7, 11) is 0. The molecule has 1 aliphatic carbocycles. The zero-order valence-electron chi connectivity index (χ0n) is 11.1. The number of anilines is 1. The maximum absolute atomic E-state index is 13.5. The van der Waals surface area contributed by atoms with E-state index in [1.165, 1.54) is 11.6 Å². The Balaban J connectivity index is 1.80. The molecule has 0 saturated carbocycles. The number of hydrogen-bond acceptors (Lipinski definition) is 1. The quantitative estimate of drug-likeness (QED) is 0.740. The zero-order chi connectivity index (χ0) is 13.5. The summed E-state index contributed by atoms with van der Waals surface area (Å²) in [6.07, 6.45) is 5.51. The van der Waals surface area contributed by atoms with Crippen molar-refractivity contribution in [1.29, 1.82) is 0 Å². The monoisotopic (exact) mass is 265 g/mol. The van der Waals surface area contributed by atoms with E-state index in [9.17, 15) is 4.39 Å². The molecule has 20 heavy (non-hydrogen) atoms. The highest BCUT2D eigenvalue weighted by molar-refractivity contribution is 5.59. The van der Waals surface area contributed by atoms with Crippen LogP contribution in [0.1, 0.15) is 29.5 Å². The van der Waals surface area contributed by atoms with Crippen LogP contribution in [0, 0.1) is 11.7 Å². The molecular weight excluding hydrogens is 249 g/mol. The molecule has 2 heteroatoms. The standard InChI is InChI=1S/C18H16FN/c19-13-9-10-17-16(11-13)14-7-4-8-15(14)18(20-17)12-5-2-1-3-6-12/h1-7,9-11,14-15,18,20H,8H2/t14-,15+,18+/m0/s1. The van der Waals surface area contributed by atoms with Crippen LogP contribution in [0.2, 0.25) is 0 Å². The maximum Gasteiger partial charge on any atom is 0.123 e. The predicted octanol–water partition coefficient (Wildman–Crippen LogP) is 4.65. The Hall–Kier alpha value is -2.09. The third-order valence-electron chi connectivity index (χ3n) is 4.48. The molecule has 0 aromatic heterocycles. The summed E-state index contributed by atoms with van der Waals surface area (Å²) in [4.78, 5) is 0.